The number of aromatic amines is 1. The van der Waals surface area contributed by atoms with Gasteiger partial charge in [-0.3, -0.25) is 4.90 Å². The molecule has 6 rings (SSSR count). The van der Waals surface area contributed by atoms with Crippen molar-refractivity contribution in [2.24, 2.45) is 11.8 Å². The molecule has 3 aliphatic rings. The highest BCUT2D eigenvalue weighted by Gasteiger charge is 2.40. The first-order valence-electron chi connectivity index (χ1n) is 10.3. The van der Waals surface area contributed by atoms with Gasteiger partial charge < -0.3 is 4.98 Å². The van der Waals surface area contributed by atoms with Crippen molar-refractivity contribution in [2.75, 3.05) is 13.1 Å². The van der Waals surface area contributed by atoms with Crippen LogP contribution in [-0.2, 0) is 12.8 Å². The highest BCUT2D eigenvalue weighted by molar-refractivity contribution is 5.83. The lowest BCUT2D eigenvalue weighted by Crippen LogP contribution is -2.54. The molecule has 2 aliphatic heterocycles. The van der Waals surface area contributed by atoms with Crippen LogP contribution in [0.1, 0.15) is 30.4 Å². The predicted octanol–water partition coefficient (Wildman–Crippen LogP) is 5.19. The summed E-state index contributed by atoms with van der Waals surface area (Å²) in [5.74, 6) is 1.48. The van der Waals surface area contributed by atoms with Crippen LogP contribution in [-0.4, -0.2) is 29.0 Å². The van der Waals surface area contributed by atoms with E-state index in [1.807, 2.05) is 6.07 Å². The highest BCUT2D eigenvalue weighted by atomic mass is 19.1. The third-order valence-electron chi connectivity index (χ3n) is 6.75. The van der Waals surface area contributed by atoms with E-state index >= 15 is 0 Å². The standard InChI is InChI=1S/C24H27FN2/c25-21-7-8-23-22(14-21)19(15-26-23)10-11-27-16-18-6-9-24(27)20(13-18)12-17-4-2-1-3-5-17/h1-5,7-8,14-15,18,20,24,26H,6,9-13,16H2. The Kier molecular flexibility index (Phi) is 4.48. The van der Waals surface area contributed by atoms with Gasteiger partial charge in [0.25, 0.3) is 0 Å². The number of nitrogens with zero attached hydrogens (tertiary/aromatic N) is 1. The summed E-state index contributed by atoms with van der Waals surface area (Å²) < 4.78 is 13.6. The van der Waals surface area contributed by atoms with Crippen LogP contribution in [0.25, 0.3) is 10.9 Å². The molecule has 140 valence electrons. The molecule has 1 aromatic heterocycles. The third kappa shape index (κ3) is 3.41. The lowest BCUT2D eigenvalue weighted by molar-refractivity contribution is 0.00224. The zero-order chi connectivity index (χ0) is 18.2. The van der Waals surface area contributed by atoms with Crippen molar-refractivity contribution in [1.82, 2.24) is 9.88 Å². The van der Waals surface area contributed by atoms with E-state index in [0.717, 1.165) is 35.7 Å². The zero-order valence-electron chi connectivity index (χ0n) is 15.7. The molecule has 2 nitrogen and oxygen atoms in total. The molecule has 2 aromatic carbocycles. The average Bonchev–Trinajstić information content (AvgIpc) is 3.10. The van der Waals surface area contributed by atoms with Crippen molar-refractivity contribution >= 4 is 10.9 Å². The number of piperidine rings is 2. The number of rotatable bonds is 5. The first-order valence-corrected chi connectivity index (χ1v) is 10.3. The monoisotopic (exact) mass is 362 g/mol. The lowest BCUT2D eigenvalue weighted by atomic mass is 9.70. The minimum atomic E-state index is -0.150. The minimum absolute atomic E-state index is 0.150. The maximum atomic E-state index is 13.6. The van der Waals surface area contributed by atoms with E-state index in [1.165, 1.54) is 49.4 Å². The van der Waals surface area contributed by atoms with Crippen LogP contribution >= 0.6 is 0 Å². The summed E-state index contributed by atoms with van der Waals surface area (Å²) in [6, 6.07) is 16.7. The molecule has 3 aromatic rings. The van der Waals surface area contributed by atoms with Crippen molar-refractivity contribution in [1.29, 1.82) is 0 Å². The summed E-state index contributed by atoms with van der Waals surface area (Å²) in [5.41, 5.74) is 3.75. The van der Waals surface area contributed by atoms with Crippen molar-refractivity contribution in [3.8, 4) is 0 Å². The van der Waals surface area contributed by atoms with Gasteiger partial charge in [0.2, 0.25) is 0 Å². The average molecular weight is 362 g/mol. The second-order valence-corrected chi connectivity index (χ2v) is 8.44. The number of aromatic nitrogens is 1. The maximum absolute atomic E-state index is 13.6. The van der Waals surface area contributed by atoms with Crippen LogP contribution in [0.3, 0.4) is 0 Å². The topological polar surface area (TPSA) is 19.0 Å². The molecule has 0 radical (unpaired) electrons. The Labute approximate surface area is 160 Å². The van der Waals surface area contributed by atoms with Gasteiger partial charge in [0.05, 0.1) is 0 Å². The van der Waals surface area contributed by atoms with Gasteiger partial charge in [-0.2, -0.15) is 0 Å². The fourth-order valence-electron chi connectivity index (χ4n) is 5.47. The third-order valence-corrected chi connectivity index (χ3v) is 6.75. The molecule has 1 N–H and O–H groups in total. The summed E-state index contributed by atoms with van der Waals surface area (Å²) in [5, 5.41) is 1.04. The number of halogens is 1. The van der Waals surface area contributed by atoms with Gasteiger partial charge in [-0.25, -0.2) is 4.39 Å². The summed E-state index contributed by atoms with van der Waals surface area (Å²) in [7, 11) is 0. The summed E-state index contributed by atoms with van der Waals surface area (Å²) in [4.78, 5) is 6.02. The Morgan fingerprint density at radius 2 is 1.96 bits per heavy atom. The molecule has 1 saturated carbocycles. The normalized spacial score (nSPS) is 25.3. The smallest absolute Gasteiger partial charge is 0.123 e. The molecule has 3 fully saturated rings. The number of hydrogen-bond donors (Lipinski definition) is 1. The quantitative estimate of drug-likeness (QED) is 0.661. The molecule has 3 heterocycles. The number of fused-ring (bicyclic) bond motifs is 4. The van der Waals surface area contributed by atoms with Gasteiger partial charge in [0.15, 0.2) is 0 Å². The second kappa shape index (κ2) is 7.12. The van der Waals surface area contributed by atoms with Gasteiger partial charge in [0, 0.05) is 36.2 Å². The van der Waals surface area contributed by atoms with Crippen LogP contribution in [0.15, 0.2) is 54.7 Å². The van der Waals surface area contributed by atoms with Crippen LogP contribution < -0.4 is 0 Å². The van der Waals surface area contributed by atoms with Gasteiger partial charge in [-0.15, -0.1) is 0 Å². The number of nitrogens with one attached hydrogen (secondary N) is 1. The second-order valence-electron chi connectivity index (χ2n) is 8.44. The van der Waals surface area contributed by atoms with E-state index < -0.39 is 0 Å². The Balaban J connectivity index is 1.29. The number of hydrogen-bond acceptors (Lipinski definition) is 1. The fraction of sp³-hybridized carbons (Fsp3) is 0.417. The largest absolute Gasteiger partial charge is 0.361 e. The van der Waals surface area contributed by atoms with E-state index in [4.69, 9.17) is 0 Å². The minimum Gasteiger partial charge on any atom is -0.361 e. The number of benzene rings is 2. The van der Waals surface area contributed by atoms with Crippen molar-refractivity contribution in [3.63, 3.8) is 0 Å². The van der Waals surface area contributed by atoms with Crippen molar-refractivity contribution < 1.29 is 4.39 Å². The van der Waals surface area contributed by atoms with E-state index in [9.17, 15) is 4.39 Å². The molecular formula is C24H27FN2. The van der Waals surface area contributed by atoms with Gasteiger partial charge in [-0.1, -0.05) is 30.3 Å². The van der Waals surface area contributed by atoms with Crippen molar-refractivity contribution in [2.45, 2.75) is 38.1 Å². The highest BCUT2D eigenvalue weighted by Crippen LogP contribution is 2.40. The molecule has 0 spiro atoms. The summed E-state index contributed by atoms with van der Waals surface area (Å²) in [6.45, 7) is 2.32. The fourth-order valence-corrected chi connectivity index (χ4v) is 5.47. The summed E-state index contributed by atoms with van der Waals surface area (Å²) in [6.07, 6.45) is 8.37. The molecule has 2 bridgehead atoms. The lowest BCUT2D eigenvalue weighted by Gasteiger charge is -2.50. The van der Waals surface area contributed by atoms with E-state index in [2.05, 4.69) is 46.4 Å². The van der Waals surface area contributed by atoms with Crippen LogP contribution in [0.2, 0.25) is 0 Å². The Hall–Kier alpha value is -2.13. The molecular weight excluding hydrogens is 335 g/mol. The van der Waals surface area contributed by atoms with Crippen LogP contribution in [0.4, 0.5) is 4.39 Å². The van der Waals surface area contributed by atoms with E-state index in [1.54, 1.807) is 6.07 Å². The van der Waals surface area contributed by atoms with Gasteiger partial charge in [0.1, 0.15) is 5.82 Å². The molecule has 3 heteroatoms. The van der Waals surface area contributed by atoms with Crippen LogP contribution in [0.5, 0.6) is 0 Å². The molecule has 27 heavy (non-hydrogen) atoms. The van der Waals surface area contributed by atoms with Crippen LogP contribution in [0, 0.1) is 17.7 Å². The van der Waals surface area contributed by atoms with E-state index in [0.29, 0.717) is 6.04 Å². The molecule has 3 unspecified atom stereocenters. The molecule has 2 saturated heterocycles. The number of H-pyrrole nitrogens is 1. The predicted molar refractivity (Wildman–Crippen MR) is 108 cm³/mol. The van der Waals surface area contributed by atoms with E-state index in [-0.39, 0.29) is 5.82 Å². The molecule has 3 atom stereocenters. The Morgan fingerprint density at radius 1 is 1.07 bits per heavy atom. The first-order chi connectivity index (χ1) is 13.3. The zero-order valence-corrected chi connectivity index (χ0v) is 15.7. The maximum Gasteiger partial charge on any atom is 0.123 e. The first kappa shape index (κ1) is 17.0. The SMILES string of the molecule is Fc1ccc2[nH]cc(CCN3CC4CCC3C(Cc3ccccc3)C4)c2c1. The molecule has 0 amide bonds. The summed E-state index contributed by atoms with van der Waals surface area (Å²) >= 11 is 0. The Morgan fingerprint density at radius 3 is 2.81 bits per heavy atom. The molecule has 1 aliphatic carbocycles. The van der Waals surface area contributed by atoms with Gasteiger partial charge in [-0.05, 0) is 73.3 Å². The van der Waals surface area contributed by atoms with Crippen molar-refractivity contribution in [3.05, 3.63) is 71.7 Å². The Bertz CT molecular complexity index is 917. The van der Waals surface area contributed by atoms with Gasteiger partial charge >= 0.3 is 0 Å².